The van der Waals surface area contributed by atoms with Gasteiger partial charge in [-0.05, 0) is 27.2 Å². The molecule has 1 aromatic rings. The molecule has 3 rings (SSSR count). The first-order valence-electron chi connectivity index (χ1n) is 9.27. The normalized spacial score (nSPS) is 18.6. The van der Waals surface area contributed by atoms with Crippen molar-refractivity contribution in [2.45, 2.75) is 53.1 Å². The summed E-state index contributed by atoms with van der Waals surface area (Å²) in [6, 6.07) is -1.04. The molecule has 0 bridgehead atoms. The van der Waals surface area contributed by atoms with Crippen molar-refractivity contribution in [2.24, 2.45) is 4.99 Å². The number of likely N-dealkylation sites (N-methyl/N-ethyl adjacent to an activating group) is 1. The Hall–Kier alpha value is -2.71. The molecule has 27 heavy (non-hydrogen) atoms. The number of unbranched alkanes of at least 4 members (excludes halogenated alkanes) is 1. The number of fused-ring (bicyclic) bond motifs is 3. The number of amides is 3. The maximum Gasteiger partial charge on any atom is 0.402 e. The number of ether oxygens (including phenoxy) is 1. The average Bonchev–Trinajstić information content (AvgIpc) is 3.12. The number of amidine groups is 1. The Labute approximate surface area is 158 Å². The van der Waals surface area contributed by atoms with Crippen LogP contribution in [0.5, 0.6) is 0 Å². The minimum Gasteiger partial charge on any atom is -0.464 e. The number of carbonyl (C=O) groups is 3. The van der Waals surface area contributed by atoms with E-state index in [9.17, 15) is 14.4 Å². The molecule has 0 aliphatic carbocycles. The summed E-state index contributed by atoms with van der Waals surface area (Å²) in [6.45, 7) is 8.24. The van der Waals surface area contributed by atoms with Crippen LogP contribution in [0.25, 0.3) is 0 Å². The Morgan fingerprint density at radius 1 is 1.26 bits per heavy atom. The van der Waals surface area contributed by atoms with Gasteiger partial charge in [0.05, 0.1) is 6.61 Å². The predicted octanol–water partition coefficient (Wildman–Crippen LogP) is 1.23. The smallest absolute Gasteiger partial charge is 0.402 e. The molecular formula is C18H26N5O4+. The summed E-state index contributed by atoms with van der Waals surface area (Å²) in [6.07, 6.45) is 1.64. The van der Waals surface area contributed by atoms with E-state index in [0.717, 1.165) is 24.2 Å². The zero-order valence-electron chi connectivity index (χ0n) is 16.5. The number of carbonyl (C=O) groups excluding carboxylic acids is 3. The third-order valence-electron chi connectivity index (χ3n) is 5.15. The summed E-state index contributed by atoms with van der Waals surface area (Å²) in [4.78, 5) is 45.0. The molecule has 3 heterocycles. The van der Waals surface area contributed by atoms with Crippen molar-refractivity contribution in [3.63, 3.8) is 0 Å². The van der Waals surface area contributed by atoms with Crippen molar-refractivity contribution in [1.82, 2.24) is 14.4 Å². The summed E-state index contributed by atoms with van der Waals surface area (Å²) in [5.41, 5.74) is 1.68. The molecule has 0 N–H and O–H groups in total. The SMILES string of the molecule is CCCCN1C(=O)C2C(=Nc3n2c(C)c(C)[n+]3CC(=O)OCC)N(C)C1=O. The summed E-state index contributed by atoms with van der Waals surface area (Å²) >= 11 is 0. The molecule has 2 aliphatic rings. The topological polar surface area (TPSA) is 88.1 Å². The number of aliphatic imine (C=N–C) groups is 1. The highest BCUT2D eigenvalue weighted by Gasteiger charge is 2.54. The molecule has 1 fully saturated rings. The maximum absolute atomic E-state index is 13.1. The monoisotopic (exact) mass is 376 g/mol. The van der Waals surface area contributed by atoms with Crippen molar-refractivity contribution in [2.75, 3.05) is 20.2 Å². The lowest BCUT2D eigenvalue weighted by Gasteiger charge is -2.33. The molecule has 9 nitrogen and oxygen atoms in total. The molecule has 146 valence electrons. The molecule has 0 radical (unpaired) electrons. The fourth-order valence-electron chi connectivity index (χ4n) is 3.55. The zero-order valence-corrected chi connectivity index (χ0v) is 16.5. The Morgan fingerprint density at radius 2 is 1.96 bits per heavy atom. The quantitative estimate of drug-likeness (QED) is 0.552. The van der Waals surface area contributed by atoms with Gasteiger partial charge in [0.15, 0.2) is 6.54 Å². The summed E-state index contributed by atoms with van der Waals surface area (Å²) in [5, 5.41) is 0. The van der Waals surface area contributed by atoms with E-state index in [-0.39, 0.29) is 24.5 Å². The third kappa shape index (κ3) is 2.90. The van der Waals surface area contributed by atoms with Gasteiger partial charge in [-0.15, -0.1) is 0 Å². The number of hydrogen-bond donors (Lipinski definition) is 0. The van der Waals surface area contributed by atoms with Gasteiger partial charge in [0.2, 0.25) is 11.9 Å². The summed E-state index contributed by atoms with van der Waals surface area (Å²) in [5.74, 6) is 0.247. The Morgan fingerprint density at radius 3 is 2.59 bits per heavy atom. The van der Waals surface area contributed by atoms with E-state index in [1.165, 1.54) is 9.80 Å². The number of hydrogen-bond acceptors (Lipinski definition) is 5. The van der Waals surface area contributed by atoms with Crippen LogP contribution in [0.3, 0.4) is 0 Å². The molecule has 0 spiro atoms. The average molecular weight is 376 g/mol. The van der Waals surface area contributed by atoms with Crippen LogP contribution in [0.4, 0.5) is 10.7 Å². The van der Waals surface area contributed by atoms with Crippen LogP contribution in [-0.4, -0.2) is 58.3 Å². The second-order valence-electron chi connectivity index (χ2n) is 6.79. The first-order chi connectivity index (χ1) is 12.8. The van der Waals surface area contributed by atoms with Crippen LogP contribution in [0.2, 0.25) is 0 Å². The summed E-state index contributed by atoms with van der Waals surface area (Å²) in [7, 11) is 1.63. The molecule has 0 aromatic carbocycles. The van der Waals surface area contributed by atoms with Gasteiger partial charge in [0.1, 0.15) is 11.4 Å². The van der Waals surface area contributed by atoms with Gasteiger partial charge in [0, 0.05) is 13.6 Å². The highest BCUT2D eigenvalue weighted by atomic mass is 16.5. The number of nitrogens with zero attached hydrogens (tertiary/aromatic N) is 5. The number of esters is 1. The van der Waals surface area contributed by atoms with Crippen molar-refractivity contribution in [3.8, 4) is 0 Å². The van der Waals surface area contributed by atoms with Gasteiger partial charge in [0.25, 0.3) is 5.91 Å². The largest absolute Gasteiger partial charge is 0.464 e. The van der Waals surface area contributed by atoms with Gasteiger partial charge in [-0.25, -0.2) is 18.7 Å². The van der Waals surface area contributed by atoms with Gasteiger partial charge >= 0.3 is 17.9 Å². The molecule has 1 saturated heterocycles. The Bertz CT molecular complexity index is 841. The minimum atomic E-state index is -0.679. The summed E-state index contributed by atoms with van der Waals surface area (Å²) < 4.78 is 8.60. The molecule has 0 saturated carbocycles. The van der Waals surface area contributed by atoms with E-state index < -0.39 is 6.04 Å². The number of imidazole rings is 1. The fourth-order valence-corrected chi connectivity index (χ4v) is 3.55. The standard InChI is InChI=1S/C18H26N5O4/c1-6-8-9-21-16(25)14-15(20(5)18(21)26)19-17-22(10-13(24)27-7-2)11(3)12(4)23(14)17/h14H,6-10H2,1-5H3/q+1. The molecule has 1 unspecified atom stereocenters. The lowest BCUT2D eigenvalue weighted by molar-refractivity contribution is -0.678. The van der Waals surface area contributed by atoms with Crippen LogP contribution in [-0.2, 0) is 20.9 Å². The second kappa shape index (κ2) is 7.13. The van der Waals surface area contributed by atoms with Crippen molar-refractivity contribution < 1.29 is 23.7 Å². The lowest BCUT2D eigenvalue weighted by Crippen LogP contribution is -2.57. The van der Waals surface area contributed by atoms with Crippen molar-refractivity contribution in [1.29, 1.82) is 0 Å². The number of imide groups is 1. The van der Waals surface area contributed by atoms with E-state index in [1.54, 1.807) is 18.5 Å². The van der Waals surface area contributed by atoms with E-state index in [0.29, 0.717) is 24.9 Å². The zero-order chi connectivity index (χ0) is 19.9. The van der Waals surface area contributed by atoms with E-state index >= 15 is 0 Å². The highest BCUT2D eigenvalue weighted by Crippen LogP contribution is 2.35. The Kier molecular flexibility index (Phi) is 5.03. The van der Waals surface area contributed by atoms with Crippen LogP contribution >= 0.6 is 0 Å². The third-order valence-corrected chi connectivity index (χ3v) is 5.15. The van der Waals surface area contributed by atoms with E-state index in [4.69, 9.17) is 4.74 Å². The van der Waals surface area contributed by atoms with E-state index in [2.05, 4.69) is 4.99 Å². The van der Waals surface area contributed by atoms with Gasteiger partial charge in [-0.1, -0.05) is 18.3 Å². The fraction of sp³-hybridized carbons (Fsp3) is 0.611. The van der Waals surface area contributed by atoms with Crippen molar-refractivity contribution in [3.05, 3.63) is 11.4 Å². The van der Waals surface area contributed by atoms with Crippen LogP contribution in [0.1, 0.15) is 44.1 Å². The Balaban J connectivity index is 2.04. The number of rotatable bonds is 6. The number of aromatic nitrogens is 2. The van der Waals surface area contributed by atoms with Gasteiger partial charge < -0.3 is 4.74 Å². The number of urea groups is 1. The predicted molar refractivity (Wildman–Crippen MR) is 96.6 cm³/mol. The molecule has 2 aliphatic heterocycles. The van der Waals surface area contributed by atoms with Crippen molar-refractivity contribution >= 4 is 29.7 Å². The van der Waals surface area contributed by atoms with E-state index in [1.807, 2.05) is 25.3 Å². The van der Waals surface area contributed by atoms with Gasteiger partial charge in [-0.2, -0.15) is 0 Å². The van der Waals surface area contributed by atoms with Gasteiger partial charge in [-0.3, -0.25) is 14.6 Å². The molecular weight excluding hydrogens is 350 g/mol. The van der Waals surface area contributed by atoms with Crippen LogP contribution in [0.15, 0.2) is 4.99 Å². The molecule has 9 heteroatoms. The first-order valence-corrected chi connectivity index (χ1v) is 9.27. The second-order valence-corrected chi connectivity index (χ2v) is 6.79. The maximum atomic E-state index is 13.1. The lowest BCUT2D eigenvalue weighted by atomic mass is 10.1. The first kappa shape index (κ1) is 19.1. The molecule has 1 aromatic heterocycles. The highest BCUT2D eigenvalue weighted by molar-refractivity contribution is 6.20. The molecule has 1 atom stereocenters. The van der Waals surface area contributed by atoms with Crippen LogP contribution < -0.4 is 4.57 Å². The molecule has 3 amide bonds. The minimum absolute atomic E-state index is 0.0117. The van der Waals surface area contributed by atoms with Crippen LogP contribution in [0, 0.1) is 13.8 Å².